The molecule has 10 aromatic rings. The minimum atomic E-state index is 0.864. The molecule has 0 aliphatic rings. The van der Waals surface area contributed by atoms with E-state index in [0.29, 0.717) is 0 Å². The SMILES string of the molecule is c1ccc(-c2cc(-c3ccccc3)cc(N(c3ccc(-c4cccc(-c5ccc6ccccc6c5)c4)cc3)c3cccc4oc5ccccc5c34)c2)cc1. The van der Waals surface area contributed by atoms with Crippen LogP contribution < -0.4 is 4.90 Å². The van der Waals surface area contributed by atoms with E-state index in [2.05, 4.69) is 205 Å². The molecule has 0 radical (unpaired) electrons. The first-order valence-corrected chi connectivity index (χ1v) is 18.4. The lowest BCUT2D eigenvalue weighted by atomic mass is 9.96. The van der Waals surface area contributed by atoms with Crippen LogP contribution in [0.15, 0.2) is 217 Å². The van der Waals surface area contributed by atoms with Crippen molar-refractivity contribution in [3.05, 3.63) is 212 Å². The second-order valence-corrected chi connectivity index (χ2v) is 13.8. The Balaban J connectivity index is 1.14. The number of nitrogens with zero attached hydrogens (tertiary/aromatic N) is 1. The maximum absolute atomic E-state index is 6.42. The van der Waals surface area contributed by atoms with Gasteiger partial charge in [-0.05, 0) is 116 Å². The molecule has 0 amide bonds. The standard InChI is InChI=1S/C52H35NO/c1-3-13-36(14-4-1)44-33-45(37-15-5-2-6-16-37)35-47(34-44)53(49-22-12-24-51-52(49)48-21-9-10-23-50(48)54-51)46-29-27-39(28-30-46)41-19-11-20-42(31-41)43-26-25-38-17-7-8-18-40(38)32-43/h1-35H. The summed E-state index contributed by atoms with van der Waals surface area (Å²) in [5.41, 5.74) is 14.4. The van der Waals surface area contributed by atoms with Gasteiger partial charge < -0.3 is 9.32 Å². The van der Waals surface area contributed by atoms with Gasteiger partial charge in [-0.1, -0.05) is 152 Å². The minimum Gasteiger partial charge on any atom is -0.456 e. The normalized spacial score (nSPS) is 11.3. The van der Waals surface area contributed by atoms with E-state index in [9.17, 15) is 0 Å². The molecule has 0 fully saturated rings. The number of para-hydroxylation sites is 1. The molecular formula is C52H35NO. The Hall–Kier alpha value is -7.16. The first-order valence-electron chi connectivity index (χ1n) is 18.4. The van der Waals surface area contributed by atoms with E-state index in [1.54, 1.807) is 0 Å². The average molecular weight is 690 g/mol. The molecule has 9 aromatic carbocycles. The molecule has 1 heterocycles. The van der Waals surface area contributed by atoms with Crippen molar-refractivity contribution in [3.63, 3.8) is 0 Å². The summed E-state index contributed by atoms with van der Waals surface area (Å²) >= 11 is 0. The number of hydrogen-bond donors (Lipinski definition) is 0. The summed E-state index contributed by atoms with van der Waals surface area (Å²) in [6.07, 6.45) is 0. The number of benzene rings is 9. The zero-order valence-electron chi connectivity index (χ0n) is 29.6. The van der Waals surface area contributed by atoms with E-state index >= 15 is 0 Å². The van der Waals surface area contributed by atoms with Crippen LogP contribution in [0.3, 0.4) is 0 Å². The van der Waals surface area contributed by atoms with Crippen LogP contribution in [-0.2, 0) is 0 Å². The molecule has 10 rings (SSSR count). The van der Waals surface area contributed by atoms with Gasteiger partial charge in [0.25, 0.3) is 0 Å². The molecule has 2 nitrogen and oxygen atoms in total. The third-order valence-corrected chi connectivity index (χ3v) is 10.4. The second kappa shape index (κ2) is 13.4. The lowest BCUT2D eigenvalue weighted by molar-refractivity contribution is 0.669. The molecule has 0 N–H and O–H groups in total. The van der Waals surface area contributed by atoms with Crippen LogP contribution in [0.2, 0.25) is 0 Å². The van der Waals surface area contributed by atoms with Crippen molar-refractivity contribution in [2.24, 2.45) is 0 Å². The first kappa shape index (κ1) is 31.6. The number of anilines is 3. The van der Waals surface area contributed by atoms with E-state index in [1.165, 1.54) is 38.6 Å². The maximum atomic E-state index is 6.42. The third-order valence-electron chi connectivity index (χ3n) is 10.4. The largest absolute Gasteiger partial charge is 0.456 e. The minimum absolute atomic E-state index is 0.864. The van der Waals surface area contributed by atoms with Gasteiger partial charge in [-0.2, -0.15) is 0 Å². The predicted octanol–water partition coefficient (Wildman–Crippen LogP) is 14.9. The molecule has 0 aliphatic carbocycles. The molecule has 0 saturated heterocycles. The summed E-state index contributed by atoms with van der Waals surface area (Å²) in [6, 6.07) is 76.0. The Labute approximate surface area is 314 Å². The van der Waals surface area contributed by atoms with E-state index in [1.807, 2.05) is 12.1 Å². The van der Waals surface area contributed by atoms with Gasteiger partial charge in [-0.25, -0.2) is 0 Å². The molecule has 0 aliphatic heterocycles. The fraction of sp³-hybridized carbons (Fsp3) is 0. The summed E-state index contributed by atoms with van der Waals surface area (Å²) in [5.74, 6) is 0. The van der Waals surface area contributed by atoms with Gasteiger partial charge in [0, 0.05) is 16.8 Å². The topological polar surface area (TPSA) is 16.4 Å². The van der Waals surface area contributed by atoms with Gasteiger partial charge in [0.15, 0.2) is 0 Å². The predicted molar refractivity (Wildman–Crippen MR) is 228 cm³/mol. The molecule has 1 aromatic heterocycles. The number of hydrogen-bond acceptors (Lipinski definition) is 2. The second-order valence-electron chi connectivity index (χ2n) is 13.8. The zero-order chi connectivity index (χ0) is 35.8. The summed E-state index contributed by atoms with van der Waals surface area (Å²) in [7, 11) is 0. The van der Waals surface area contributed by atoms with Crippen molar-refractivity contribution in [2.45, 2.75) is 0 Å². The zero-order valence-corrected chi connectivity index (χ0v) is 29.6. The summed E-state index contributed by atoms with van der Waals surface area (Å²) in [5, 5.41) is 4.68. The average Bonchev–Trinajstić information content (AvgIpc) is 3.64. The molecule has 254 valence electrons. The van der Waals surface area contributed by atoms with Crippen LogP contribution in [0, 0.1) is 0 Å². The smallest absolute Gasteiger partial charge is 0.137 e. The highest BCUT2D eigenvalue weighted by Gasteiger charge is 2.21. The molecule has 0 saturated carbocycles. The number of furan rings is 1. The van der Waals surface area contributed by atoms with Crippen LogP contribution in [0.25, 0.3) is 77.2 Å². The molecule has 54 heavy (non-hydrogen) atoms. The summed E-state index contributed by atoms with van der Waals surface area (Å²) in [6.45, 7) is 0. The lowest BCUT2D eigenvalue weighted by Gasteiger charge is -2.28. The Kier molecular flexibility index (Phi) is 7.85. The molecule has 0 bridgehead atoms. The molecule has 0 unspecified atom stereocenters. The quantitative estimate of drug-likeness (QED) is 0.166. The van der Waals surface area contributed by atoms with Crippen LogP contribution in [0.1, 0.15) is 0 Å². The lowest BCUT2D eigenvalue weighted by Crippen LogP contribution is -2.10. The first-order chi connectivity index (χ1) is 26.7. The molecule has 0 spiro atoms. The van der Waals surface area contributed by atoms with Crippen molar-refractivity contribution in [3.8, 4) is 44.5 Å². The van der Waals surface area contributed by atoms with Gasteiger partial charge in [0.05, 0.1) is 11.1 Å². The van der Waals surface area contributed by atoms with Crippen molar-refractivity contribution in [1.82, 2.24) is 0 Å². The fourth-order valence-electron chi connectivity index (χ4n) is 7.75. The van der Waals surface area contributed by atoms with Crippen LogP contribution in [0.5, 0.6) is 0 Å². The van der Waals surface area contributed by atoms with E-state index in [0.717, 1.165) is 55.7 Å². The van der Waals surface area contributed by atoms with Gasteiger partial charge in [0.1, 0.15) is 11.2 Å². The number of fused-ring (bicyclic) bond motifs is 4. The third kappa shape index (κ3) is 5.81. The van der Waals surface area contributed by atoms with E-state index < -0.39 is 0 Å². The van der Waals surface area contributed by atoms with Crippen molar-refractivity contribution >= 4 is 49.8 Å². The monoisotopic (exact) mass is 689 g/mol. The molecule has 0 atom stereocenters. The number of rotatable bonds is 7. The maximum Gasteiger partial charge on any atom is 0.137 e. The van der Waals surface area contributed by atoms with Crippen molar-refractivity contribution in [1.29, 1.82) is 0 Å². The Morgan fingerprint density at radius 2 is 0.815 bits per heavy atom. The van der Waals surface area contributed by atoms with Crippen LogP contribution in [-0.4, -0.2) is 0 Å². The van der Waals surface area contributed by atoms with Gasteiger partial charge >= 0.3 is 0 Å². The fourth-order valence-corrected chi connectivity index (χ4v) is 7.75. The highest BCUT2D eigenvalue weighted by Crippen LogP contribution is 2.45. The molecular weight excluding hydrogens is 655 g/mol. The Morgan fingerprint density at radius 1 is 0.296 bits per heavy atom. The van der Waals surface area contributed by atoms with Crippen LogP contribution >= 0.6 is 0 Å². The van der Waals surface area contributed by atoms with Gasteiger partial charge in [0.2, 0.25) is 0 Å². The van der Waals surface area contributed by atoms with E-state index in [4.69, 9.17) is 4.42 Å². The Bertz CT molecular complexity index is 2870. The van der Waals surface area contributed by atoms with E-state index in [-0.39, 0.29) is 0 Å². The highest BCUT2D eigenvalue weighted by atomic mass is 16.3. The Morgan fingerprint density at radius 3 is 1.56 bits per heavy atom. The molecule has 2 heteroatoms. The van der Waals surface area contributed by atoms with Gasteiger partial charge in [-0.3, -0.25) is 0 Å². The van der Waals surface area contributed by atoms with Crippen molar-refractivity contribution < 1.29 is 4.42 Å². The van der Waals surface area contributed by atoms with Crippen LogP contribution in [0.4, 0.5) is 17.1 Å². The highest BCUT2D eigenvalue weighted by molar-refractivity contribution is 6.13. The van der Waals surface area contributed by atoms with Crippen molar-refractivity contribution in [2.75, 3.05) is 4.90 Å². The van der Waals surface area contributed by atoms with Gasteiger partial charge in [-0.15, -0.1) is 0 Å². The summed E-state index contributed by atoms with van der Waals surface area (Å²) < 4.78 is 6.42. The summed E-state index contributed by atoms with van der Waals surface area (Å²) in [4.78, 5) is 2.39.